The summed E-state index contributed by atoms with van der Waals surface area (Å²) in [5.74, 6) is 0. The topological polar surface area (TPSA) is 21.3 Å². The molecular weight excluding hydrogens is 246 g/mol. The second-order valence-electron chi connectivity index (χ2n) is 6.48. The summed E-state index contributed by atoms with van der Waals surface area (Å²) < 4.78 is 6.18. The Bertz CT molecular complexity index is 431. The summed E-state index contributed by atoms with van der Waals surface area (Å²) in [4.78, 5) is 0. The van der Waals surface area contributed by atoms with Gasteiger partial charge in [0.05, 0.1) is 5.60 Å². The highest BCUT2D eigenvalue weighted by Gasteiger charge is 2.38. The van der Waals surface area contributed by atoms with Crippen molar-refractivity contribution in [2.45, 2.75) is 69.9 Å². The minimum atomic E-state index is 0.191. The van der Waals surface area contributed by atoms with E-state index in [9.17, 15) is 0 Å². The average Bonchev–Trinajstić information content (AvgIpc) is 2.48. The standard InChI is InChI=1S/C18H27NO/c1-2-15-7-6-8-16(13-15)19-17-9-12-20-18(14-17)10-4-3-5-11-18/h6-8,13,17,19H,2-5,9-12,14H2,1H3. The maximum atomic E-state index is 6.18. The lowest BCUT2D eigenvalue weighted by atomic mass is 9.78. The van der Waals surface area contributed by atoms with E-state index < -0.39 is 0 Å². The molecule has 1 aliphatic heterocycles. The number of aryl methyl sites for hydroxylation is 1. The molecule has 0 bridgehead atoms. The summed E-state index contributed by atoms with van der Waals surface area (Å²) in [6.45, 7) is 3.13. The number of hydrogen-bond acceptors (Lipinski definition) is 2. The highest BCUT2D eigenvalue weighted by molar-refractivity contribution is 5.46. The summed E-state index contributed by atoms with van der Waals surface area (Å²) >= 11 is 0. The van der Waals surface area contributed by atoms with E-state index in [-0.39, 0.29) is 5.60 Å². The van der Waals surface area contributed by atoms with Crippen molar-refractivity contribution in [1.29, 1.82) is 0 Å². The van der Waals surface area contributed by atoms with Crippen molar-refractivity contribution in [3.63, 3.8) is 0 Å². The van der Waals surface area contributed by atoms with E-state index in [0.717, 1.165) is 19.4 Å². The molecule has 1 saturated heterocycles. The van der Waals surface area contributed by atoms with Crippen molar-refractivity contribution in [2.24, 2.45) is 0 Å². The molecule has 1 aromatic rings. The van der Waals surface area contributed by atoms with Crippen LogP contribution in [0.4, 0.5) is 5.69 Å². The predicted octanol–water partition coefficient (Wildman–Crippen LogP) is 4.54. The van der Waals surface area contributed by atoms with Gasteiger partial charge in [0.15, 0.2) is 0 Å². The molecule has 2 aliphatic rings. The van der Waals surface area contributed by atoms with Gasteiger partial charge < -0.3 is 10.1 Å². The van der Waals surface area contributed by atoms with Crippen LogP contribution < -0.4 is 5.32 Å². The second kappa shape index (κ2) is 6.17. The third-order valence-corrected chi connectivity index (χ3v) is 4.96. The molecule has 1 N–H and O–H groups in total. The van der Waals surface area contributed by atoms with Crippen molar-refractivity contribution in [3.05, 3.63) is 29.8 Å². The second-order valence-corrected chi connectivity index (χ2v) is 6.48. The Morgan fingerprint density at radius 2 is 2.10 bits per heavy atom. The lowest BCUT2D eigenvalue weighted by Crippen LogP contribution is -2.45. The van der Waals surface area contributed by atoms with E-state index in [2.05, 4.69) is 36.5 Å². The van der Waals surface area contributed by atoms with Crippen LogP contribution in [0, 0.1) is 0 Å². The number of hydrogen-bond donors (Lipinski definition) is 1. The molecule has 1 heterocycles. The number of anilines is 1. The molecule has 0 radical (unpaired) electrons. The number of ether oxygens (including phenoxy) is 1. The van der Waals surface area contributed by atoms with Gasteiger partial charge in [0.2, 0.25) is 0 Å². The van der Waals surface area contributed by atoms with Crippen molar-refractivity contribution < 1.29 is 4.74 Å². The Morgan fingerprint density at radius 1 is 1.25 bits per heavy atom. The molecule has 1 unspecified atom stereocenters. The van der Waals surface area contributed by atoms with Gasteiger partial charge in [-0.15, -0.1) is 0 Å². The Balaban J connectivity index is 1.64. The van der Waals surface area contributed by atoms with Crippen molar-refractivity contribution in [2.75, 3.05) is 11.9 Å². The summed E-state index contributed by atoms with van der Waals surface area (Å²) in [6, 6.07) is 9.44. The molecule has 2 heteroatoms. The van der Waals surface area contributed by atoms with Crippen LogP contribution in [0.25, 0.3) is 0 Å². The van der Waals surface area contributed by atoms with Gasteiger partial charge in [-0.2, -0.15) is 0 Å². The molecule has 1 spiro atoms. The molecule has 20 heavy (non-hydrogen) atoms. The fraction of sp³-hybridized carbons (Fsp3) is 0.667. The van der Waals surface area contributed by atoms with E-state index in [1.807, 2.05) is 0 Å². The van der Waals surface area contributed by atoms with Crippen LogP contribution in [0.2, 0.25) is 0 Å². The van der Waals surface area contributed by atoms with Gasteiger partial charge >= 0.3 is 0 Å². The van der Waals surface area contributed by atoms with Crippen LogP contribution in [-0.2, 0) is 11.2 Å². The minimum Gasteiger partial charge on any atom is -0.382 e. The highest BCUT2D eigenvalue weighted by Crippen LogP contribution is 2.39. The SMILES string of the molecule is CCc1cccc(NC2CCOC3(CCCCC3)C2)c1. The summed E-state index contributed by atoms with van der Waals surface area (Å²) in [5.41, 5.74) is 2.88. The maximum absolute atomic E-state index is 6.18. The number of benzene rings is 1. The Morgan fingerprint density at radius 3 is 2.90 bits per heavy atom. The lowest BCUT2D eigenvalue weighted by Gasteiger charge is -2.44. The van der Waals surface area contributed by atoms with Gasteiger partial charge in [0, 0.05) is 18.3 Å². The smallest absolute Gasteiger partial charge is 0.0702 e. The first kappa shape index (κ1) is 13.9. The van der Waals surface area contributed by atoms with Gasteiger partial charge in [0.25, 0.3) is 0 Å². The van der Waals surface area contributed by atoms with Gasteiger partial charge in [-0.3, -0.25) is 0 Å². The molecule has 110 valence electrons. The van der Waals surface area contributed by atoms with Crippen LogP contribution in [0.1, 0.15) is 57.4 Å². The van der Waals surface area contributed by atoms with Crippen LogP contribution in [-0.4, -0.2) is 18.2 Å². The molecule has 1 aliphatic carbocycles. The van der Waals surface area contributed by atoms with E-state index in [4.69, 9.17) is 4.74 Å². The molecular formula is C18H27NO. The van der Waals surface area contributed by atoms with Gasteiger partial charge in [0.1, 0.15) is 0 Å². The zero-order valence-corrected chi connectivity index (χ0v) is 12.7. The predicted molar refractivity (Wildman–Crippen MR) is 84.2 cm³/mol. The Kier molecular flexibility index (Phi) is 4.30. The van der Waals surface area contributed by atoms with Gasteiger partial charge in [-0.05, 0) is 49.8 Å². The molecule has 1 saturated carbocycles. The number of rotatable bonds is 3. The fourth-order valence-corrected chi connectivity index (χ4v) is 3.81. The fourth-order valence-electron chi connectivity index (χ4n) is 3.81. The Labute approximate surface area is 122 Å². The van der Waals surface area contributed by atoms with E-state index in [0.29, 0.717) is 6.04 Å². The number of nitrogens with one attached hydrogen (secondary N) is 1. The Hall–Kier alpha value is -1.02. The lowest BCUT2D eigenvalue weighted by molar-refractivity contribution is -0.103. The van der Waals surface area contributed by atoms with Crippen molar-refractivity contribution >= 4 is 5.69 Å². The first-order valence-corrected chi connectivity index (χ1v) is 8.29. The summed E-state index contributed by atoms with van der Waals surface area (Å²) in [6.07, 6.45) is 10.0. The quantitative estimate of drug-likeness (QED) is 0.872. The first-order chi connectivity index (χ1) is 9.80. The molecule has 3 rings (SSSR count). The normalized spacial score (nSPS) is 25.6. The molecule has 1 aromatic carbocycles. The molecule has 1 atom stereocenters. The van der Waals surface area contributed by atoms with Gasteiger partial charge in [-0.25, -0.2) is 0 Å². The maximum Gasteiger partial charge on any atom is 0.0702 e. The first-order valence-electron chi connectivity index (χ1n) is 8.29. The summed E-state index contributed by atoms with van der Waals surface area (Å²) in [5, 5.41) is 3.75. The monoisotopic (exact) mass is 273 g/mol. The van der Waals surface area contributed by atoms with E-state index >= 15 is 0 Å². The van der Waals surface area contributed by atoms with E-state index in [1.54, 1.807) is 0 Å². The summed E-state index contributed by atoms with van der Waals surface area (Å²) in [7, 11) is 0. The molecule has 2 nitrogen and oxygen atoms in total. The van der Waals surface area contributed by atoms with Crippen LogP contribution in [0.15, 0.2) is 24.3 Å². The molecule has 0 amide bonds. The van der Waals surface area contributed by atoms with Gasteiger partial charge in [-0.1, -0.05) is 38.3 Å². The zero-order valence-electron chi connectivity index (χ0n) is 12.7. The molecule has 2 fully saturated rings. The highest BCUT2D eigenvalue weighted by atomic mass is 16.5. The van der Waals surface area contributed by atoms with Crippen LogP contribution in [0.5, 0.6) is 0 Å². The third kappa shape index (κ3) is 3.17. The third-order valence-electron chi connectivity index (χ3n) is 4.96. The van der Waals surface area contributed by atoms with Crippen LogP contribution in [0.3, 0.4) is 0 Å². The van der Waals surface area contributed by atoms with E-state index in [1.165, 1.54) is 49.8 Å². The zero-order chi connectivity index (χ0) is 13.8. The van der Waals surface area contributed by atoms with Crippen LogP contribution >= 0.6 is 0 Å². The molecule has 0 aromatic heterocycles. The average molecular weight is 273 g/mol. The largest absolute Gasteiger partial charge is 0.382 e. The minimum absolute atomic E-state index is 0.191. The van der Waals surface area contributed by atoms with Crippen molar-refractivity contribution in [1.82, 2.24) is 0 Å². The van der Waals surface area contributed by atoms with Crippen molar-refractivity contribution in [3.8, 4) is 0 Å².